The second kappa shape index (κ2) is 6.88. The van der Waals surface area contributed by atoms with E-state index in [2.05, 4.69) is 4.74 Å². The molecule has 0 radical (unpaired) electrons. The van der Waals surface area contributed by atoms with Crippen LogP contribution in [0.2, 0.25) is 0 Å². The SMILES string of the molecule is CCOC(=O)C(CCc1ccccc1)N1CC(=O)OC1=O. The zero-order chi connectivity index (χ0) is 15.2. The van der Waals surface area contributed by atoms with Gasteiger partial charge in [-0.05, 0) is 25.3 Å². The number of amides is 1. The molecule has 21 heavy (non-hydrogen) atoms. The van der Waals surface area contributed by atoms with Gasteiger partial charge in [-0.15, -0.1) is 0 Å². The summed E-state index contributed by atoms with van der Waals surface area (Å²) in [6.07, 6.45) is 0.194. The predicted molar refractivity (Wildman–Crippen MR) is 73.4 cm³/mol. The molecule has 1 heterocycles. The number of benzene rings is 1. The molecule has 1 aliphatic rings. The van der Waals surface area contributed by atoms with E-state index < -0.39 is 24.1 Å². The molecule has 0 aliphatic carbocycles. The lowest BCUT2D eigenvalue weighted by Crippen LogP contribution is -2.43. The van der Waals surface area contributed by atoms with Crippen LogP contribution in [0.25, 0.3) is 0 Å². The maximum Gasteiger partial charge on any atom is 0.418 e. The Kier molecular flexibility index (Phi) is 4.92. The Morgan fingerprint density at radius 2 is 2.05 bits per heavy atom. The molecule has 1 saturated heterocycles. The van der Waals surface area contributed by atoms with Gasteiger partial charge < -0.3 is 9.47 Å². The van der Waals surface area contributed by atoms with Crippen LogP contribution in [-0.2, 0) is 25.5 Å². The number of carbonyl (C=O) groups excluding carboxylic acids is 3. The molecule has 1 aromatic carbocycles. The molecule has 1 aromatic rings. The molecular formula is C15H17NO5. The van der Waals surface area contributed by atoms with E-state index in [1.807, 2.05) is 30.3 Å². The largest absolute Gasteiger partial charge is 0.464 e. The predicted octanol–water partition coefficient (Wildman–Crippen LogP) is 1.53. The van der Waals surface area contributed by atoms with Gasteiger partial charge in [-0.1, -0.05) is 30.3 Å². The highest BCUT2D eigenvalue weighted by Gasteiger charge is 2.39. The van der Waals surface area contributed by atoms with Crippen molar-refractivity contribution in [2.24, 2.45) is 0 Å². The van der Waals surface area contributed by atoms with E-state index in [0.29, 0.717) is 12.8 Å². The van der Waals surface area contributed by atoms with E-state index in [-0.39, 0.29) is 13.2 Å². The molecule has 6 nitrogen and oxygen atoms in total. The van der Waals surface area contributed by atoms with Gasteiger partial charge >= 0.3 is 18.0 Å². The number of rotatable bonds is 6. The molecule has 0 saturated carbocycles. The maximum atomic E-state index is 12.0. The Hall–Kier alpha value is -2.37. The smallest absolute Gasteiger partial charge is 0.418 e. The zero-order valence-corrected chi connectivity index (χ0v) is 11.8. The monoisotopic (exact) mass is 291 g/mol. The molecule has 1 atom stereocenters. The number of aryl methyl sites for hydroxylation is 1. The van der Waals surface area contributed by atoms with Gasteiger partial charge in [0, 0.05) is 0 Å². The second-order valence-electron chi connectivity index (χ2n) is 4.66. The highest BCUT2D eigenvalue weighted by molar-refractivity contribution is 5.95. The van der Waals surface area contributed by atoms with Crippen LogP contribution >= 0.6 is 0 Å². The Labute approximate surface area is 122 Å². The normalized spacial score (nSPS) is 15.8. The summed E-state index contributed by atoms with van der Waals surface area (Å²) < 4.78 is 9.46. The molecule has 0 N–H and O–H groups in total. The molecule has 1 fully saturated rings. The molecular weight excluding hydrogens is 274 g/mol. The Bertz CT molecular complexity index is 528. The summed E-state index contributed by atoms with van der Waals surface area (Å²) in [7, 11) is 0. The van der Waals surface area contributed by atoms with Gasteiger partial charge in [0.25, 0.3) is 0 Å². The fourth-order valence-electron chi connectivity index (χ4n) is 2.22. The van der Waals surface area contributed by atoms with Gasteiger partial charge in [0.2, 0.25) is 0 Å². The topological polar surface area (TPSA) is 72.9 Å². The van der Waals surface area contributed by atoms with E-state index in [0.717, 1.165) is 10.5 Å². The van der Waals surface area contributed by atoms with Crippen LogP contribution in [0.3, 0.4) is 0 Å². The van der Waals surface area contributed by atoms with Crippen LogP contribution < -0.4 is 0 Å². The number of ether oxygens (including phenoxy) is 2. The molecule has 1 aliphatic heterocycles. The Morgan fingerprint density at radius 3 is 2.62 bits per heavy atom. The number of hydrogen-bond donors (Lipinski definition) is 0. The van der Waals surface area contributed by atoms with Gasteiger partial charge in [-0.2, -0.15) is 0 Å². The summed E-state index contributed by atoms with van der Waals surface area (Å²) in [5.74, 6) is -1.16. The summed E-state index contributed by atoms with van der Waals surface area (Å²) in [6.45, 7) is 1.70. The van der Waals surface area contributed by atoms with E-state index in [4.69, 9.17) is 4.74 Å². The molecule has 2 rings (SSSR count). The molecule has 0 aromatic heterocycles. The minimum atomic E-state index is -0.802. The van der Waals surface area contributed by atoms with Crippen molar-refractivity contribution < 1.29 is 23.9 Å². The van der Waals surface area contributed by atoms with Gasteiger partial charge in [0.1, 0.15) is 12.6 Å². The molecule has 1 unspecified atom stereocenters. The first-order valence-electron chi connectivity index (χ1n) is 6.83. The maximum absolute atomic E-state index is 12.0. The minimum Gasteiger partial charge on any atom is -0.464 e. The molecule has 1 amide bonds. The quantitative estimate of drug-likeness (QED) is 0.587. The molecule has 6 heteroatoms. The van der Waals surface area contributed by atoms with Crippen molar-refractivity contribution in [1.82, 2.24) is 4.90 Å². The van der Waals surface area contributed by atoms with E-state index in [9.17, 15) is 14.4 Å². The lowest BCUT2D eigenvalue weighted by molar-refractivity contribution is -0.148. The first-order chi connectivity index (χ1) is 10.1. The minimum absolute atomic E-state index is 0.211. The number of cyclic esters (lactones) is 2. The first kappa shape index (κ1) is 15.0. The fraction of sp³-hybridized carbons (Fsp3) is 0.400. The molecule has 0 spiro atoms. The number of carbonyl (C=O) groups is 3. The second-order valence-corrected chi connectivity index (χ2v) is 4.66. The van der Waals surface area contributed by atoms with Crippen LogP contribution in [0.5, 0.6) is 0 Å². The lowest BCUT2D eigenvalue weighted by atomic mass is 10.0. The van der Waals surface area contributed by atoms with Gasteiger partial charge in [0.05, 0.1) is 6.61 Å². The van der Waals surface area contributed by atoms with Crippen LogP contribution in [0, 0.1) is 0 Å². The number of hydrogen-bond acceptors (Lipinski definition) is 5. The van der Waals surface area contributed by atoms with E-state index >= 15 is 0 Å². The van der Waals surface area contributed by atoms with Crippen molar-refractivity contribution in [2.75, 3.05) is 13.2 Å². The third-order valence-corrected chi connectivity index (χ3v) is 3.22. The average Bonchev–Trinajstić information content (AvgIpc) is 2.79. The van der Waals surface area contributed by atoms with E-state index in [1.54, 1.807) is 6.92 Å². The molecule has 0 bridgehead atoms. The summed E-state index contributed by atoms with van der Waals surface area (Å²) in [5.41, 5.74) is 1.05. The van der Waals surface area contributed by atoms with Crippen LogP contribution in [0.4, 0.5) is 4.79 Å². The summed E-state index contributed by atoms with van der Waals surface area (Å²) in [6, 6.07) is 8.79. The van der Waals surface area contributed by atoms with Crippen molar-refractivity contribution in [3.8, 4) is 0 Å². The van der Waals surface area contributed by atoms with Crippen molar-refractivity contribution >= 4 is 18.0 Å². The van der Waals surface area contributed by atoms with Crippen LogP contribution in [0.15, 0.2) is 30.3 Å². The third kappa shape index (κ3) is 3.81. The van der Waals surface area contributed by atoms with Crippen LogP contribution in [0.1, 0.15) is 18.9 Å². The van der Waals surface area contributed by atoms with Gasteiger partial charge in [-0.3, -0.25) is 4.90 Å². The standard InChI is InChI=1S/C15H17NO5/c1-2-20-14(18)12(16-10-13(17)21-15(16)19)9-8-11-6-4-3-5-7-11/h3-7,12H,2,8-10H2,1H3. The van der Waals surface area contributed by atoms with Crippen molar-refractivity contribution in [3.63, 3.8) is 0 Å². The fourth-order valence-corrected chi connectivity index (χ4v) is 2.22. The highest BCUT2D eigenvalue weighted by Crippen LogP contribution is 2.17. The van der Waals surface area contributed by atoms with Crippen molar-refractivity contribution in [2.45, 2.75) is 25.8 Å². The van der Waals surface area contributed by atoms with Crippen LogP contribution in [-0.4, -0.2) is 42.1 Å². The lowest BCUT2D eigenvalue weighted by Gasteiger charge is -2.23. The molecule has 112 valence electrons. The van der Waals surface area contributed by atoms with Crippen molar-refractivity contribution in [3.05, 3.63) is 35.9 Å². The van der Waals surface area contributed by atoms with Gasteiger partial charge in [0.15, 0.2) is 0 Å². The first-order valence-corrected chi connectivity index (χ1v) is 6.83. The van der Waals surface area contributed by atoms with Gasteiger partial charge in [-0.25, -0.2) is 14.4 Å². The Morgan fingerprint density at radius 1 is 1.33 bits per heavy atom. The summed E-state index contributed by atoms with van der Waals surface area (Å²) >= 11 is 0. The summed E-state index contributed by atoms with van der Waals surface area (Å²) in [5, 5.41) is 0. The highest BCUT2D eigenvalue weighted by atomic mass is 16.6. The zero-order valence-electron chi connectivity index (χ0n) is 11.8. The van der Waals surface area contributed by atoms with Crippen molar-refractivity contribution in [1.29, 1.82) is 0 Å². The van der Waals surface area contributed by atoms with E-state index in [1.165, 1.54) is 0 Å². The third-order valence-electron chi connectivity index (χ3n) is 3.22. The number of nitrogens with zero attached hydrogens (tertiary/aromatic N) is 1. The average molecular weight is 291 g/mol. The number of esters is 2. The summed E-state index contributed by atoms with van der Waals surface area (Å²) in [4.78, 5) is 36.0. The Balaban J connectivity index is 2.07.